The number of aromatic nitrogens is 5. The van der Waals surface area contributed by atoms with Crippen molar-refractivity contribution in [1.29, 1.82) is 0 Å². The van der Waals surface area contributed by atoms with Gasteiger partial charge < -0.3 is 11.2 Å². The molecule has 0 saturated carbocycles. The number of H-pyrrole nitrogens is 1. The highest BCUT2D eigenvalue weighted by Gasteiger charge is 2.16. The lowest BCUT2D eigenvalue weighted by Crippen LogP contribution is -2.16. The van der Waals surface area contributed by atoms with Crippen LogP contribution in [-0.2, 0) is 4.79 Å². The van der Waals surface area contributed by atoms with Gasteiger partial charge in [-0.05, 0) is 48.5 Å². The molecule has 2 aromatic heterocycles. The molecule has 4 N–H and O–H groups in total. The normalized spacial score (nSPS) is 10.9. The SMILES string of the molecule is Nn1c(SCC(=O)Nc2ccc(F)c(Cl)c2)nnc1-c1cc(-c2ccc(F)cc2)n[nH]1. The van der Waals surface area contributed by atoms with Crippen LogP contribution < -0.4 is 11.2 Å². The molecule has 0 unspecified atom stereocenters. The molecule has 4 aromatic rings. The van der Waals surface area contributed by atoms with E-state index in [0.29, 0.717) is 28.1 Å². The molecule has 0 aliphatic heterocycles. The number of carbonyl (C=O) groups is 1. The first-order valence-corrected chi connectivity index (χ1v) is 10.2. The van der Waals surface area contributed by atoms with Gasteiger partial charge in [0.25, 0.3) is 0 Å². The van der Waals surface area contributed by atoms with Crippen molar-refractivity contribution in [2.75, 3.05) is 16.9 Å². The number of hydrogen-bond donors (Lipinski definition) is 3. The molecule has 1 amide bonds. The van der Waals surface area contributed by atoms with Crippen LogP contribution in [0.25, 0.3) is 22.8 Å². The molecule has 12 heteroatoms. The topological polar surface area (TPSA) is 115 Å². The summed E-state index contributed by atoms with van der Waals surface area (Å²) >= 11 is 6.78. The van der Waals surface area contributed by atoms with Gasteiger partial charge in [-0.25, -0.2) is 13.5 Å². The average Bonchev–Trinajstić information content (AvgIpc) is 3.36. The summed E-state index contributed by atoms with van der Waals surface area (Å²) in [5.41, 5.74) is 2.19. The van der Waals surface area contributed by atoms with Crippen molar-refractivity contribution < 1.29 is 13.6 Å². The first-order chi connectivity index (χ1) is 14.9. The number of rotatable bonds is 6. The molecule has 0 spiro atoms. The van der Waals surface area contributed by atoms with E-state index >= 15 is 0 Å². The molecule has 0 aliphatic rings. The highest BCUT2D eigenvalue weighted by Crippen LogP contribution is 2.25. The van der Waals surface area contributed by atoms with E-state index < -0.39 is 5.82 Å². The van der Waals surface area contributed by atoms with Crippen LogP contribution >= 0.6 is 23.4 Å². The van der Waals surface area contributed by atoms with Crippen LogP contribution in [-0.4, -0.2) is 36.7 Å². The monoisotopic (exact) mass is 461 g/mol. The van der Waals surface area contributed by atoms with E-state index in [1.54, 1.807) is 18.2 Å². The number of benzene rings is 2. The van der Waals surface area contributed by atoms with Gasteiger partial charge in [-0.1, -0.05) is 23.4 Å². The van der Waals surface area contributed by atoms with Gasteiger partial charge in [-0.3, -0.25) is 9.89 Å². The molecule has 0 saturated heterocycles. The molecular formula is C19H14ClF2N7OS. The fourth-order valence-corrected chi connectivity index (χ4v) is 3.50. The van der Waals surface area contributed by atoms with Gasteiger partial charge in [0, 0.05) is 11.3 Å². The second-order valence-electron chi connectivity index (χ2n) is 6.32. The molecule has 0 fully saturated rings. The molecule has 0 aliphatic carbocycles. The highest BCUT2D eigenvalue weighted by atomic mass is 35.5. The Morgan fingerprint density at radius 2 is 1.94 bits per heavy atom. The standard InChI is InChI=1S/C19H14ClF2N7OS/c20-13-7-12(5-6-14(13)22)24-17(30)9-31-19-28-27-18(29(19)23)16-8-15(25-26-16)10-1-3-11(21)4-2-10/h1-8H,9,23H2,(H,24,30)(H,25,26). The molecule has 2 heterocycles. The molecule has 31 heavy (non-hydrogen) atoms. The summed E-state index contributed by atoms with van der Waals surface area (Å²) in [5.74, 6) is 5.11. The molecular weight excluding hydrogens is 448 g/mol. The van der Waals surface area contributed by atoms with E-state index in [0.717, 1.165) is 17.3 Å². The smallest absolute Gasteiger partial charge is 0.234 e. The fourth-order valence-electron chi connectivity index (χ4n) is 2.66. The Morgan fingerprint density at radius 3 is 2.68 bits per heavy atom. The second-order valence-corrected chi connectivity index (χ2v) is 7.67. The summed E-state index contributed by atoms with van der Waals surface area (Å²) < 4.78 is 27.5. The van der Waals surface area contributed by atoms with Gasteiger partial charge in [0.15, 0.2) is 0 Å². The molecule has 8 nitrogen and oxygen atoms in total. The number of nitrogens with zero attached hydrogens (tertiary/aromatic N) is 4. The van der Waals surface area contributed by atoms with Crippen LogP contribution in [0.3, 0.4) is 0 Å². The number of thioether (sulfide) groups is 1. The zero-order chi connectivity index (χ0) is 22.0. The zero-order valence-corrected chi connectivity index (χ0v) is 17.2. The summed E-state index contributed by atoms with van der Waals surface area (Å²) in [5, 5.41) is 17.9. The van der Waals surface area contributed by atoms with Gasteiger partial charge in [0.1, 0.15) is 17.3 Å². The van der Waals surface area contributed by atoms with Crippen LogP contribution in [0.4, 0.5) is 14.5 Å². The summed E-state index contributed by atoms with van der Waals surface area (Å²) in [7, 11) is 0. The predicted octanol–water partition coefficient (Wildman–Crippen LogP) is 3.71. The van der Waals surface area contributed by atoms with Crippen LogP contribution in [0.5, 0.6) is 0 Å². The number of nitrogens with two attached hydrogens (primary N) is 1. The zero-order valence-electron chi connectivity index (χ0n) is 15.6. The molecule has 0 atom stereocenters. The van der Waals surface area contributed by atoms with Gasteiger partial charge in [0.2, 0.25) is 16.9 Å². The maximum atomic E-state index is 13.2. The minimum atomic E-state index is -0.570. The van der Waals surface area contributed by atoms with Gasteiger partial charge in [0.05, 0.1) is 16.5 Å². The summed E-state index contributed by atoms with van der Waals surface area (Å²) in [6, 6.07) is 11.5. The van der Waals surface area contributed by atoms with Gasteiger partial charge in [-0.2, -0.15) is 5.10 Å². The molecule has 158 valence electrons. The Balaban J connectivity index is 1.42. The lowest BCUT2D eigenvalue weighted by Gasteiger charge is -2.06. The molecule has 0 bridgehead atoms. The van der Waals surface area contributed by atoms with E-state index in [9.17, 15) is 13.6 Å². The number of halogens is 3. The number of anilines is 1. The minimum Gasteiger partial charge on any atom is -0.335 e. The summed E-state index contributed by atoms with van der Waals surface area (Å²) in [6.45, 7) is 0. The quantitative estimate of drug-likeness (QED) is 0.298. The van der Waals surface area contributed by atoms with Crippen molar-refractivity contribution in [1.82, 2.24) is 25.1 Å². The van der Waals surface area contributed by atoms with E-state index in [-0.39, 0.29) is 22.5 Å². The van der Waals surface area contributed by atoms with Crippen LogP contribution in [0, 0.1) is 11.6 Å². The number of hydrogen-bond acceptors (Lipinski definition) is 6. The first kappa shape index (κ1) is 20.8. The Hall–Kier alpha value is -3.44. The van der Waals surface area contributed by atoms with Crippen LogP contribution in [0.15, 0.2) is 53.7 Å². The number of amides is 1. The third-order valence-corrected chi connectivity index (χ3v) is 5.39. The number of nitrogens with one attached hydrogen (secondary N) is 2. The largest absolute Gasteiger partial charge is 0.335 e. The Kier molecular flexibility index (Phi) is 5.87. The third-order valence-electron chi connectivity index (χ3n) is 4.16. The average molecular weight is 462 g/mol. The van der Waals surface area contributed by atoms with Crippen molar-refractivity contribution in [2.45, 2.75) is 5.16 Å². The molecule has 2 aromatic carbocycles. The lowest BCUT2D eigenvalue weighted by molar-refractivity contribution is -0.113. The minimum absolute atomic E-state index is 0.00582. The van der Waals surface area contributed by atoms with Crippen molar-refractivity contribution in [2.24, 2.45) is 0 Å². The van der Waals surface area contributed by atoms with Crippen LogP contribution in [0.1, 0.15) is 0 Å². The Bertz CT molecular complexity index is 1240. The van der Waals surface area contributed by atoms with Gasteiger partial charge in [-0.15, -0.1) is 10.2 Å². The fraction of sp³-hybridized carbons (Fsp3) is 0.0526. The van der Waals surface area contributed by atoms with E-state index in [1.807, 2.05) is 0 Å². The van der Waals surface area contributed by atoms with Crippen molar-refractivity contribution >= 4 is 35.0 Å². The van der Waals surface area contributed by atoms with E-state index in [1.165, 1.54) is 35.0 Å². The molecule has 0 radical (unpaired) electrons. The number of aromatic amines is 1. The Morgan fingerprint density at radius 1 is 1.16 bits per heavy atom. The second kappa shape index (κ2) is 8.74. The van der Waals surface area contributed by atoms with E-state index in [2.05, 4.69) is 25.7 Å². The van der Waals surface area contributed by atoms with E-state index in [4.69, 9.17) is 17.4 Å². The first-order valence-electron chi connectivity index (χ1n) is 8.80. The maximum absolute atomic E-state index is 13.2. The van der Waals surface area contributed by atoms with Crippen molar-refractivity contribution in [3.63, 3.8) is 0 Å². The van der Waals surface area contributed by atoms with Gasteiger partial charge >= 0.3 is 0 Å². The Labute approximate surface area is 183 Å². The lowest BCUT2D eigenvalue weighted by atomic mass is 10.1. The molecule has 4 rings (SSSR count). The van der Waals surface area contributed by atoms with Crippen molar-refractivity contribution in [3.8, 4) is 22.8 Å². The number of nitrogen functional groups attached to an aromatic ring is 1. The summed E-state index contributed by atoms with van der Waals surface area (Å²) in [4.78, 5) is 12.1. The maximum Gasteiger partial charge on any atom is 0.234 e. The van der Waals surface area contributed by atoms with Crippen molar-refractivity contribution in [3.05, 3.63) is 65.2 Å². The third kappa shape index (κ3) is 4.67. The van der Waals surface area contributed by atoms with Crippen LogP contribution in [0.2, 0.25) is 5.02 Å². The number of carbonyl (C=O) groups excluding carboxylic acids is 1. The predicted molar refractivity (Wildman–Crippen MR) is 114 cm³/mol. The highest BCUT2D eigenvalue weighted by molar-refractivity contribution is 7.99. The summed E-state index contributed by atoms with van der Waals surface area (Å²) in [6.07, 6.45) is 0.